The Morgan fingerprint density at radius 1 is 1.08 bits per heavy atom. The van der Waals surface area contributed by atoms with Crippen LogP contribution in [0.5, 0.6) is 5.75 Å². The summed E-state index contributed by atoms with van der Waals surface area (Å²) in [6.45, 7) is 5.56. The average molecular weight is 415 g/mol. The van der Waals surface area contributed by atoms with E-state index in [9.17, 15) is 9.59 Å². The van der Waals surface area contributed by atoms with Crippen molar-refractivity contribution in [1.82, 2.24) is 10.9 Å². The molecule has 0 aliphatic carbocycles. The molecule has 0 atom stereocenters. The molecule has 0 spiro atoms. The molecule has 0 saturated heterocycles. The first-order valence-corrected chi connectivity index (χ1v) is 9.47. The van der Waals surface area contributed by atoms with Crippen molar-refractivity contribution in [1.29, 1.82) is 0 Å². The molecule has 0 bridgehead atoms. The predicted molar refractivity (Wildman–Crippen MR) is 100 cm³/mol. The fourth-order valence-corrected chi connectivity index (χ4v) is 2.53. The number of ether oxygens (including phenoxy) is 2. The molecule has 25 heavy (non-hydrogen) atoms. The van der Waals surface area contributed by atoms with Crippen LogP contribution in [0.4, 0.5) is 0 Å². The molecule has 140 valence electrons. The Bertz CT molecular complexity index is 552. The first kappa shape index (κ1) is 21.4. The van der Waals surface area contributed by atoms with Crippen molar-refractivity contribution in [2.45, 2.75) is 46.0 Å². The second-order valence-electron chi connectivity index (χ2n) is 5.50. The van der Waals surface area contributed by atoms with Gasteiger partial charge in [-0.2, -0.15) is 0 Å². The molecule has 1 rings (SSSR count). The zero-order chi connectivity index (χ0) is 18.5. The molecule has 0 aliphatic heterocycles. The highest BCUT2D eigenvalue weighted by Gasteiger charge is 2.10. The molecule has 7 heteroatoms. The van der Waals surface area contributed by atoms with Crippen molar-refractivity contribution in [3.8, 4) is 5.75 Å². The van der Waals surface area contributed by atoms with Crippen LogP contribution in [-0.4, -0.2) is 31.6 Å². The van der Waals surface area contributed by atoms with Gasteiger partial charge in [-0.1, -0.05) is 26.2 Å². The van der Waals surface area contributed by atoms with Gasteiger partial charge in [0.2, 0.25) is 5.91 Å². The predicted octanol–water partition coefficient (Wildman–Crippen LogP) is 3.60. The quantitative estimate of drug-likeness (QED) is 0.428. The number of carbonyl (C=O) groups is 2. The normalized spacial score (nSPS) is 10.4. The summed E-state index contributed by atoms with van der Waals surface area (Å²) in [6.07, 6.45) is 4.76. The van der Waals surface area contributed by atoms with Gasteiger partial charge in [0.1, 0.15) is 5.75 Å². The topological polar surface area (TPSA) is 76.7 Å². The molecule has 2 amide bonds. The van der Waals surface area contributed by atoms with Gasteiger partial charge >= 0.3 is 0 Å². The molecule has 0 radical (unpaired) electrons. The van der Waals surface area contributed by atoms with E-state index in [1.807, 2.05) is 6.92 Å². The summed E-state index contributed by atoms with van der Waals surface area (Å²) in [6, 6.07) is 5.08. The first-order valence-electron chi connectivity index (χ1n) is 8.67. The first-order chi connectivity index (χ1) is 12.1. The monoisotopic (exact) mass is 414 g/mol. The molecule has 0 aliphatic rings. The Morgan fingerprint density at radius 2 is 1.88 bits per heavy atom. The number of halogens is 1. The van der Waals surface area contributed by atoms with Crippen LogP contribution < -0.4 is 15.6 Å². The standard InChI is InChI=1S/C18H27BrN2O4/c1-3-5-6-7-11-25-16-9-8-14(13-15(16)19)18(23)21-20-17(22)10-12-24-4-2/h8-9,13H,3-7,10-12H2,1-2H3,(H,20,22)(H,21,23). The molecular weight excluding hydrogens is 388 g/mol. The molecule has 0 fully saturated rings. The third-order valence-corrected chi connectivity index (χ3v) is 4.06. The number of benzene rings is 1. The number of carbonyl (C=O) groups excluding carboxylic acids is 2. The summed E-state index contributed by atoms with van der Waals surface area (Å²) in [5.74, 6) is 0.0154. The number of rotatable bonds is 11. The van der Waals surface area contributed by atoms with E-state index in [-0.39, 0.29) is 18.2 Å². The van der Waals surface area contributed by atoms with Gasteiger partial charge in [-0.3, -0.25) is 20.4 Å². The lowest BCUT2D eigenvalue weighted by Gasteiger charge is -2.11. The average Bonchev–Trinajstić information content (AvgIpc) is 2.60. The minimum absolute atomic E-state index is 0.197. The zero-order valence-corrected chi connectivity index (χ0v) is 16.5. The van der Waals surface area contributed by atoms with Crippen LogP contribution in [0.1, 0.15) is 56.3 Å². The van der Waals surface area contributed by atoms with Crippen molar-refractivity contribution in [3.05, 3.63) is 28.2 Å². The van der Waals surface area contributed by atoms with Crippen LogP contribution in [0.2, 0.25) is 0 Å². The highest BCUT2D eigenvalue weighted by Crippen LogP contribution is 2.26. The van der Waals surface area contributed by atoms with Crippen LogP contribution in [0, 0.1) is 0 Å². The Kier molecular flexibility index (Phi) is 10.9. The van der Waals surface area contributed by atoms with E-state index >= 15 is 0 Å². The summed E-state index contributed by atoms with van der Waals surface area (Å²) >= 11 is 3.41. The highest BCUT2D eigenvalue weighted by molar-refractivity contribution is 9.10. The number of hydrogen-bond donors (Lipinski definition) is 2. The number of nitrogens with one attached hydrogen (secondary N) is 2. The van der Waals surface area contributed by atoms with Gasteiger partial charge in [0.05, 0.1) is 24.1 Å². The van der Waals surface area contributed by atoms with E-state index in [1.54, 1.807) is 18.2 Å². The van der Waals surface area contributed by atoms with Crippen LogP contribution in [-0.2, 0) is 9.53 Å². The smallest absolute Gasteiger partial charge is 0.269 e. The fourth-order valence-electron chi connectivity index (χ4n) is 2.04. The number of hydrogen-bond acceptors (Lipinski definition) is 4. The van der Waals surface area contributed by atoms with Gasteiger partial charge in [-0.15, -0.1) is 0 Å². The zero-order valence-electron chi connectivity index (χ0n) is 14.9. The molecule has 0 saturated carbocycles. The number of amides is 2. The maximum absolute atomic E-state index is 12.1. The second kappa shape index (κ2) is 12.7. The lowest BCUT2D eigenvalue weighted by atomic mass is 10.2. The van der Waals surface area contributed by atoms with E-state index in [1.165, 1.54) is 12.8 Å². The van der Waals surface area contributed by atoms with Crippen LogP contribution >= 0.6 is 15.9 Å². The van der Waals surface area contributed by atoms with Crippen LogP contribution in [0.25, 0.3) is 0 Å². The van der Waals surface area contributed by atoms with Crippen molar-refractivity contribution in [2.75, 3.05) is 19.8 Å². The van der Waals surface area contributed by atoms with E-state index in [0.717, 1.165) is 12.8 Å². The maximum atomic E-state index is 12.1. The Labute approximate surface area is 157 Å². The minimum atomic E-state index is -0.389. The third-order valence-electron chi connectivity index (χ3n) is 3.44. The van der Waals surface area contributed by atoms with E-state index in [4.69, 9.17) is 9.47 Å². The van der Waals surface area contributed by atoms with Crippen molar-refractivity contribution in [3.63, 3.8) is 0 Å². The second-order valence-corrected chi connectivity index (χ2v) is 6.36. The summed E-state index contributed by atoms with van der Waals surface area (Å²) in [4.78, 5) is 23.6. The molecule has 1 aromatic rings. The Balaban J connectivity index is 2.41. The van der Waals surface area contributed by atoms with Crippen LogP contribution in [0.15, 0.2) is 22.7 Å². The lowest BCUT2D eigenvalue weighted by Crippen LogP contribution is -2.41. The number of unbranched alkanes of at least 4 members (excludes halogenated alkanes) is 3. The van der Waals surface area contributed by atoms with Gasteiger partial charge < -0.3 is 9.47 Å². The minimum Gasteiger partial charge on any atom is -0.492 e. The molecule has 0 unspecified atom stereocenters. The lowest BCUT2D eigenvalue weighted by molar-refractivity contribution is -0.122. The van der Waals surface area contributed by atoms with E-state index in [0.29, 0.717) is 35.6 Å². The van der Waals surface area contributed by atoms with Crippen LogP contribution in [0.3, 0.4) is 0 Å². The third kappa shape index (κ3) is 8.88. The molecule has 2 N–H and O–H groups in total. The van der Waals surface area contributed by atoms with Crippen molar-refractivity contribution >= 4 is 27.7 Å². The molecular formula is C18H27BrN2O4. The Morgan fingerprint density at radius 3 is 2.56 bits per heavy atom. The SMILES string of the molecule is CCCCCCOc1ccc(C(=O)NNC(=O)CCOCC)cc1Br. The molecule has 0 aromatic heterocycles. The maximum Gasteiger partial charge on any atom is 0.269 e. The van der Waals surface area contributed by atoms with Gasteiger partial charge in [0.25, 0.3) is 5.91 Å². The summed E-state index contributed by atoms with van der Waals surface area (Å²) in [5.41, 5.74) is 5.17. The molecule has 0 heterocycles. The van der Waals surface area contributed by atoms with E-state index < -0.39 is 0 Å². The van der Waals surface area contributed by atoms with Gasteiger partial charge in [0, 0.05) is 12.2 Å². The largest absolute Gasteiger partial charge is 0.492 e. The highest BCUT2D eigenvalue weighted by atomic mass is 79.9. The van der Waals surface area contributed by atoms with Gasteiger partial charge in [0.15, 0.2) is 0 Å². The summed E-state index contributed by atoms with van der Waals surface area (Å²) in [5, 5.41) is 0. The summed E-state index contributed by atoms with van der Waals surface area (Å²) < 4.78 is 11.5. The Hall–Kier alpha value is -1.60. The molecule has 6 nitrogen and oxygen atoms in total. The number of hydrazine groups is 1. The summed E-state index contributed by atoms with van der Waals surface area (Å²) in [7, 11) is 0. The van der Waals surface area contributed by atoms with Crippen molar-refractivity contribution < 1.29 is 19.1 Å². The van der Waals surface area contributed by atoms with E-state index in [2.05, 4.69) is 33.7 Å². The van der Waals surface area contributed by atoms with Gasteiger partial charge in [-0.25, -0.2) is 0 Å². The van der Waals surface area contributed by atoms with Gasteiger partial charge in [-0.05, 0) is 47.5 Å². The fraction of sp³-hybridized carbons (Fsp3) is 0.556. The van der Waals surface area contributed by atoms with Crippen molar-refractivity contribution in [2.24, 2.45) is 0 Å². The molecule has 1 aromatic carbocycles.